The number of hydrogen-bond donors (Lipinski definition) is 2. The third-order valence-electron chi connectivity index (χ3n) is 2.65. The van der Waals surface area contributed by atoms with Gasteiger partial charge in [0.2, 0.25) is 0 Å². The van der Waals surface area contributed by atoms with E-state index in [1.165, 1.54) is 6.92 Å². The summed E-state index contributed by atoms with van der Waals surface area (Å²) in [7, 11) is 1.82. The van der Waals surface area contributed by atoms with Gasteiger partial charge in [0.1, 0.15) is 10.7 Å². The van der Waals surface area contributed by atoms with Crippen LogP contribution in [0.15, 0.2) is 0 Å². The van der Waals surface area contributed by atoms with Gasteiger partial charge in [-0.2, -0.15) is 13.2 Å². The van der Waals surface area contributed by atoms with Crippen LogP contribution in [0.5, 0.6) is 0 Å². The van der Waals surface area contributed by atoms with Crippen molar-refractivity contribution in [1.29, 1.82) is 0 Å². The van der Waals surface area contributed by atoms with E-state index in [9.17, 15) is 18.0 Å². The summed E-state index contributed by atoms with van der Waals surface area (Å²) in [6.45, 7) is 4.05. The minimum Gasteiger partial charge on any atom is -0.382 e. The summed E-state index contributed by atoms with van der Waals surface area (Å²) >= 11 is 1.07. The molecule has 21 heavy (non-hydrogen) atoms. The molecule has 1 atom stereocenters. The molecule has 0 fully saturated rings. The lowest BCUT2D eigenvalue weighted by atomic mass is 10.2. The van der Waals surface area contributed by atoms with E-state index >= 15 is 0 Å². The minimum atomic E-state index is -4.32. The number of thiazole rings is 1. The Morgan fingerprint density at radius 3 is 2.67 bits per heavy atom. The molecule has 0 spiro atoms. The van der Waals surface area contributed by atoms with Gasteiger partial charge in [0.05, 0.1) is 6.42 Å². The van der Waals surface area contributed by atoms with Crippen LogP contribution in [0.2, 0.25) is 0 Å². The van der Waals surface area contributed by atoms with Gasteiger partial charge >= 0.3 is 6.18 Å². The maximum Gasteiger partial charge on any atom is 0.391 e. The van der Waals surface area contributed by atoms with E-state index in [-0.39, 0.29) is 10.7 Å². The first-order valence-corrected chi connectivity index (χ1v) is 7.30. The van der Waals surface area contributed by atoms with Crippen LogP contribution in [0.1, 0.15) is 36.4 Å². The van der Waals surface area contributed by atoms with Gasteiger partial charge in [0.25, 0.3) is 5.91 Å². The summed E-state index contributed by atoms with van der Waals surface area (Å²) in [6.07, 6.45) is -4.50. The molecule has 120 valence electrons. The molecule has 0 bridgehead atoms. The van der Waals surface area contributed by atoms with Crippen LogP contribution in [0.25, 0.3) is 0 Å². The molecule has 1 aromatic heterocycles. The molecule has 1 rings (SSSR count). The first-order valence-electron chi connectivity index (χ1n) is 6.49. The number of nitrogens with one attached hydrogen (secondary N) is 1. The van der Waals surface area contributed by atoms with Crippen LogP contribution in [0.3, 0.4) is 0 Å². The monoisotopic (exact) mass is 324 g/mol. The van der Waals surface area contributed by atoms with Gasteiger partial charge in [-0.15, -0.1) is 0 Å². The summed E-state index contributed by atoms with van der Waals surface area (Å²) in [6, 6.07) is -1.02. The Morgan fingerprint density at radius 2 is 2.14 bits per heavy atom. The van der Waals surface area contributed by atoms with E-state index in [1.54, 1.807) is 0 Å². The molecule has 1 aromatic rings. The Morgan fingerprint density at radius 1 is 1.52 bits per heavy atom. The number of carbonyl (C=O) groups excluding carboxylic acids is 1. The number of halogens is 3. The van der Waals surface area contributed by atoms with Crippen molar-refractivity contribution in [3.63, 3.8) is 0 Å². The average Bonchev–Trinajstić information content (AvgIpc) is 2.69. The summed E-state index contributed by atoms with van der Waals surface area (Å²) in [5.41, 5.74) is 5.67. The van der Waals surface area contributed by atoms with Crippen molar-refractivity contribution >= 4 is 28.2 Å². The van der Waals surface area contributed by atoms with Gasteiger partial charge in [-0.05, 0) is 13.3 Å². The quantitative estimate of drug-likeness (QED) is 0.844. The lowest BCUT2D eigenvalue weighted by Crippen LogP contribution is -2.35. The van der Waals surface area contributed by atoms with Crippen LogP contribution in [-0.2, 0) is 0 Å². The molecular weight excluding hydrogens is 305 g/mol. The molecule has 0 saturated carbocycles. The Bertz CT molecular complexity index is 489. The predicted molar refractivity (Wildman–Crippen MR) is 77.7 cm³/mol. The molecule has 3 N–H and O–H groups in total. The van der Waals surface area contributed by atoms with Crippen molar-refractivity contribution < 1.29 is 18.0 Å². The van der Waals surface area contributed by atoms with Crippen molar-refractivity contribution in [1.82, 2.24) is 10.3 Å². The molecular formula is C12H19F3N4OS. The van der Waals surface area contributed by atoms with Gasteiger partial charge < -0.3 is 16.0 Å². The number of carbonyl (C=O) groups is 1. The lowest BCUT2D eigenvalue weighted by molar-refractivity contribution is -0.138. The standard InChI is InChI=1S/C12H19F3N4OS/c1-4-5-19(3)11-18-9(16)8(21-11)10(20)17-7(2)6-12(13,14)15/h7H,4-6,16H2,1-3H3,(H,17,20). The summed E-state index contributed by atoms with van der Waals surface area (Å²) in [4.78, 5) is 18.0. The van der Waals surface area contributed by atoms with E-state index in [1.807, 2.05) is 18.9 Å². The van der Waals surface area contributed by atoms with Crippen LogP contribution < -0.4 is 16.0 Å². The Labute approximate surface area is 125 Å². The minimum absolute atomic E-state index is 0.0367. The van der Waals surface area contributed by atoms with E-state index in [2.05, 4.69) is 10.3 Å². The molecule has 0 aliphatic rings. The van der Waals surface area contributed by atoms with Crippen LogP contribution >= 0.6 is 11.3 Å². The Kier molecular flexibility index (Phi) is 5.82. The summed E-state index contributed by atoms with van der Waals surface area (Å²) in [5, 5.41) is 2.86. The predicted octanol–water partition coefficient (Wildman–Crippen LogP) is 2.64. The number of nitrogens with zero attached hydrogens (tertiary/aromatic N) is 2. The fourth-order valence-electron chi connectivity index (χ4n) is 1.76. The molecule has 1 heterocycles. The van der Waals surface area contributed by atoms with E-state index in [0.717, 1.165) is 24.3 Å². The number of hydrogen-bond acceptors (Lipinski definition) is 5. The van der Waals surface area contributed by atoms with Crippen molar-refractivity contribution in [3.05, 3.63) is 4.88 Å². The van der Waals surface area contributed by atoms with Gasteiger partial charge in [-0.3, -0.25) is 4.79 Å². The number of anilines is 2. The summed E-state index contributed by atoms with van der Waals surface area (Å²) in [5.74, 6) is -0.590. The fraction of sp³-hybridized carbons (Fsp3) is 0.667. The SMILES string of the molecule is CCCN(C)c1nc(N)c(C(=O)NC(C)CC(F)(F)F)s1. The van der Waals surface area contributed by atoms with E-state index < -0.39 is 24.5 Å². The molecule has 0 radical (unpaired) electrons. The second kappa shape index (κ2) is 6.97. The zero-order chi connectivity index (χ0) is 16.2. The van der Waals surface area contributed by atoms with Gasteiger partial charge in [-0.1, -0.05) is 18.3 Å². The van der Waals surface area contributed by atoms with E-state index in [4.69, 9.17) is 5.73 Å². The first kappa shape index (κ1) is 17.5. The lowest BCUT2D eigenvalue weighted by Gasteiger charge is -2.15. The number of alkyl halides is 3. The molecule has 0 aromatic carbocycles. The average molecular weight is 324 g/mol. The maximum atomic E-state index is 12.2. The zero-order valence-corrected chi connectivity index (χ0v) is 12.9. The molecule has 1 amide bonds. The first-order chi connectivity index (χ1) is 9.64. The normalized spacial score (nSPS) is 13.0. The second-order valence-corrected chi connectivity index (χ2v) is 5.80. The third kappa shape index (κ3) is 5.41. The van der Waals surface area contributed by atoms with Gasteiger partial charge in [0, 0.05) is 19.6 Å². The smallest absolute Gasteiger partial charge is 0.382 e. The second-order valence-electron chi connectivity index (χ2n) is 4.83. The number of aromatic nitrogens is 1. The molecule has 9 heteroatoms. The fourth-order valence-corrected chi connectivity index (χ4v) is 2.64. The Balaban J connectivity index is 2.74. The van der Waals surface area contributed by atoms with Crippen molar-refractivity contribution in [2.75, 3.05) is 24.2 Å². The van der Waals surface area contributed by atoms with Crippen molar-refractivity contribution in [2.45, 2.75) is 38.9 Å². The number of nitrogen functional groups attached to an aromatic ring is 1. The Hall–Kier alpha value is -1.51. The summed E-state index contributed by atoms with van der Waals surface area (Å²) < 4.78 is 36.7. The number of nitrogens with two attached hydrogens (primary N) is 1. The molecule has 0 saturated heterocycles. The molecule has 1 unspecified atom stereocenters. The highest BCUT2D eigenvalue weighted by Gasteiger charge is 2.31. The topological polar surface area (TPSA) is 71.2 Å². The van der Waals surface area contributed by atoms with Crippen LogP contribution in [0, 0.1) is 0 Å². The van der Waals surface area contributed by atoms with Crippen LogP contribution in [0.4, 0.5) is 24.1 Å². The highest BCUT2D eigenvalue weighted by Crippen LogP contribution is 2.28. The largest absolute Gasteiger partial charge is 0.391 e. The number of rotatable bonds is 6. The molecule has 5 nitrogen and oxygen atoms in total. The van der Waals surface area contributed by atoms with Crippen molar-refractivity contribution in [2.24, 2.45) is 0 Å². The highest BCUT2D eigenvalue weighted by atomic mass is 32.1. The maximum absolute atomic E-state index is 12.2. The van der Waals surface area contributed by atoms with Gasteiger partial charge in [0.15, 0.2) is 5.13 Å². The molecule has 0 aliphatic heterocycles. The zero-order valence-electron chi connectivity index (χ0n) is 12.1. The molecule has 0 aliphatic carbocycles. The van der Waals surface area contributed by atoms with E-state index in [0.29, 0.717) is 5.13 Å². The number of amides is 1. The van der Waals surface area contributed by atoms with Gasteiger partial charge in [-0.25, -0.2) is 4.98 Å². The highest BCUT2D eigenvalue weighted by molar-refractivity contribution is 7.18. The third-order valence-corrected chi connectivity index (χ3v) is 3.83. The van der Waals surface area contributed by atoms with Crippen LogP contribution in [-0.4, -0.2) is 36.7 Å². The van der Waals surface area contributed by atoms with Crippen molar-refractivity contribution in [3.8, 4) is 0 Å².